The van der Waals surface area contributed by atoms with Crippen LogP contribution in [0.5, 0.6) is 0 Å². The van der Waals surface area contributed by atoms with Gasteiger partial charge in [0.2, 0.25) is 10.0 Å². The fourth-order valence-corrected chi connectivity index (χ4v) is 4.83. The second-order valence-electron chi connectivity index (χ2n) is 4.68. The first-order chi connectivity index (χ1) is 9.04. The van der Waals surface area contributed by atoms with Crippen molar-refractivity contribution in [3.63, 3.8) is 0 Å². The Morgan fingerprint density at radius 2 is 2.11 bits per heavy atom. The maximum absolute atomic E-state index is 12.3. The lowest BCUT2D eigenvalue weighted by Crippen LogP contribution is -2.24. The average molecular weight is 340 g/mol. The molecular formula is C14H14BrNO2S. The SMILES string of the molecule is CCNS(=O)(=O)c1cc(Br)c2cccc3c2c1CC3. The predicted molar refractivity (Wildman–Crippen MR) is 79.9 cm³/mol. The van der Waals surface area contributed by atoms with Gasteiger partial charge >= 0.3 is 0 Å². The van der Waals surface area contributed by atoms with E-state index < -0.39 is 10.0 Å². The summed E-state index contributed by atoms with van der Waals surface area (Å²) in [4.78, 5) is 0.415. The van der Waals surface area contributed by atoms with Gasteiger partial charge in [-0.15, -0.1) is 0 Å². The molecule has 3 rings (SSSR count). The molecule has 0 saturated heterocycles. The Kier molecular flexibility index (Phi) is 3.15. The summed E-state index contributed by atoms with van der Waals surface area (Å²) >= 11 is 3.50. The van der Waals surface area contributed by atoms with Gasteiger partial charge in [-0.1, -0.05) is 41.1 Å². The highest BCUT2D eigenvalue weighted by Crippen LogP contribution is 2.38. The molecule has 2 aromatic carbocycles. The summed E-state index contributed by atoms with van der Waals surface area (Å²) in [5.74, 6) is 0. The normalized spacial score (nSPS) is 14.2. The van der Waals surface area contributed by atoms with Gasteiger partial charge in [0, 0.05) is 11.0 Å². The van der Waals surface area contributed by atoms with Gasteiger partial charge in [-0.3, -0.25) is 0 Å². The summed E-state index contributed by atoms with van der Waals surface area (Å²) in [6.07, 6.45) is 1.71. The van der Waals surface area contributed by atoms with E-state index in [2.05, 4.69) is 26.7 Å². The van der Waals surface area contributed by atoms with E-state index in [1.54, 1.807) is 13.0 Å². The summed E-state index contributed by atoms with van der Waals surface area (Å²) in [6.45, 7) is 2.19. The first-order valence-electron chi connectivity index (χ1n) is 6.27. The van der Waals surface area contributed by atoms with Crippen LogP contribution in [0.3, 0.4) is 0 Å². The van der Waals surface area contributed by atoms with E-state index in [4.69, 9.17) is 0 Å². The monoisotopic (exact) mass is 339 g/mol. The molecule has 3 nitrogen and oxygen atoms in total. The molecule has 100 valence electrons. The molecular weight excluding hydrogens is 326 g/mol. The number of hydrogen-bond acceptors (Lipinski definition) is 2. The van der Waals surface area contributed by atoms with Crippen LogP contribution >= 0.6 is 15.9 Å². The first-order valence-corrected chi connectivity index (χ1v) is 8.55. The van der Waals surface area contributed by atoms with Crippen molar-refractivity contribution in [2.24, 2.45) is 0 Å². The number of halogens is 1. The lowest BCUT2D eigenvalue weighted by Gasteiger charge is -2.12. The summed E-state index contributed by atoms with van der Waals surface area (Å²) in [7, 11) is -3.41. The molecule has 0 heterocycles. The van der Waals surface area contributed by atoms with Crippen LogP contribution in [-0.2, 0) is 22.9 Å². The highest BCUT2D eigenvalue weighted by molar-refractivity contribution is 9.10. The van der Waals surface area contributed by atoms with Crippen LogP contribution < -0.4 is 4.72 Å². The smallest absolute Gasteiger partial charge is 0.211 e. The van der Waals surface area contributed by atoms with Gasteiger partial charge in [0.1, 0.15) is 0 Å². The predicted octanol–water partition coefficient (Wildman–Crippen LogP) is 3.00. The average Bonchev–Trinajstić information content (AvgIpc) is 2.78. The molecule has 0 fully saturated rings. The number of nitrogens with one attached hydrogen (secondary N) is 1. The van der Waals surface area contributed by atoms with Gasteiger partial charge < -0.3 is 0 Å². The lowest BCUT2D eigenvalue weighted by molar-refractivity contribution is 0.583. The minimum Gasteiger partial charge on any atom is -0.211 e. The fraction of sp³-hybridized carbons (Fsp3) is 0.286. The standard InChI is InChI=1S/C14H14BrNO2S/c1-2-16-19(17,18)13-8-12(15)10-5-3-4-9-6-7-11(13)14(9)10/h3-5,8,16H,2,6-7H2,1H3. The molecule has 0 bridgehead atoms. The molecule has 2 aromatic rings. The van der Waals surface area contributed by atoms with Crippen LogP contribution in [0.25, 0.3) is 10.8 Å². The van der Waals surface area contributed by atoms with Crippen LogP contribution in [0.2, 0.25) is 0 Å². The van der Waals surface area contributed by atoms with E-state index in [1.807, 2.05) is 12.1 Å². The number of rotatable bonds is 3. The highest BCUT2D eigenvalue weighted by atomic mass is 79.9. The molecule has 0 atom stereocenters. The van der Waals surface area contributed by atoms with Crippen molar-refractivity contribution in [1.82, 2.24) is 4.72 Å². The Bertz CT molecular complexity index is 769. The van der Waals surface area contributed by atoms with Crippen molar-refractivity contribution in [3.8, 4) is 0 Å². The topological polar surface area (TPSA) is 46.2 Å². The summed E-state index contributed by atoms with van der Waals surface area (Å²) in [5, 5.41) is 2.20. The van der Waals surface area contributed by atoms with Crippen molar-refractivity contribution in [2.75, 3.05) is 6.54 Å². The maximum Gasteiger partial charge on any atom is 0.240 e. The van der Waals surface area contributed by atoms with E-state index in [-0.39, 0.29) is 0 Å². The third-order valence-electron chi connectivity index (χ3n) is 3.53. The van der Waals surface area contributed by atoms with Crippen LogP contribution in [0, 0.1) is 0 Å². The Morgan fingerprint density at radius 3 is 2.84 bits per heavy atom. The molecule has 0 spiro atoms. The molecule has 1 aliphatic carbocycles. The Morgan fingerprint density at radius 1 is 1.32 bits per heavy atom. The quantitative estimate of drug-likeness (QED) is 0.934. The van der Waals surface area contributed by atoms with E-state index >= 15 is 0 Å². The van der Waals surface area contributed by atoms with E-state index in [1.165, 1.54) is 5.56 Å². The van der Waals surface area contributed by atoms with Crippen molar-refractivity contribution in [2.45, 2.75) is 24.7 Å². The molecule has 19 heavy (non-hydrogen) atoms. The number of hydrogen-bond donors (Lipinski definition) is 1. The number of aryl methyl sites for hydroxylation is 2. The van der Waals surface area contributed by atoms with E-state index in [0.717, 1.165) is 33.7 Å². The van der Waals surface area contributed by atoms with Crippen LogP contribution in [-0.4, -0.2) is 15.0 Å². The van der Waals surface area contributed by atoms with Crippen LogP contribution in [0.15, 0.2) is 33.6 Å². The second kappa shape index (κ2) is 4.58. The van der Waals surface area contributed by atoms with E-state index in [0.29, 0.717) is 11.4 Å². The van der Waals surface area contributed by atoms with Gasteiger partial charge in [-0.2, -0.15) is 0 Å². The summed E-state index contributed by atoms with van der Waals surface area (Å²) < 4.78 is 28.0. The van der Waals surface area contributed by atoms with Gasteiger partial charge in [0.25, 0.3) is 0 Å². The molecule has 0 saturated carbocycles. The van der Waals surface area contributed by atoms with Gasteiger partial charge in [0.05, 0.1) is 4.90 Å². The van der Waals surface area contributed by atoms with E-state index in [9.17, 15) is 8.42 Å². The molecule has 5 heteroatoms. The number of benzene rings is 2. The molecule has 0 unspecified atom stereocenters. The molecule has 0 amide bonds. The maximum atomic E-state index is 12.3. The zero-order chi connectivity index (χ0) is 13.6. The van der Waals surface area contributed by atoms with Crippen LogP contribution in [0.1, 0.15) is 18.1 Å². The first kappa shape index (κ1) is 13.1. The molecule has 0 aromatic heterocycles. The molecule has 1 N–H and O–H groups in total. The van der Waals surface area contributed by atoms with Crippen molar-refractivity contribution in [3.05, 3.63) is 39.9 Å². The molecule has 0 aliphatic heterocycles. The zero-order valence-corrected chi connectivity index (χ0v) is 12.9. The minimum atomic E-state index is -3.41. The third-order valence-corrected chi connectivity index (χ3v) is 5.80. The van der Waals surface area contributed by atoms with Crippen molar-refractivity contribution < 1.29 is 8.42 Å². The third kappa shape index (κ3) is 2.00. The molecule has 1 aliphatic rings. The number of sulfonamides is 1. The van der Waals surface area contributed by atoms with Gasteiger partial charge in [-0.25, -0.2) is 13.1 Å². The highest BCUT2D eigenvalue weighted by Gasteiger charge is 2.25. The molecule has 0 radical (unpaired) electrons. The van der Waals surface area contributed by atoms with Gasteiger partial charge in [0.15, 0.2) is 0 Å². The Labute approximate surface area is 121 Å². The Hall–Kier alpha value is -0.910. The van der Waals surface area contributed by atoms with Crippen molar-refractivity contribution in [1.29, 1.82) is 0 Å². The fourth-order valence-electron chi connectivity index (χ4n) is 2.78. The summed E-state index contributed by atoms with van der Waals surface area (Å²) in [6, 6.07) is 7.86. The summed E-state index contributed by atoms with van der Waals surface area (Å²) in [5.41, 5.74) is 2.19. The lowest BCUT2D eigenvalue weighted by atomic mass is 10.1. The zero-order valence-electron chi connectivity index (χ0n) is 10.5. The second-order valence-corrected chi connectivity index (χ2v) is 7.27. The van der Waals surface area contributed by atoms with Crippen LogP contribution in [0.4, 0.5) is 0 Å². The largest absolute Gasteiger partial charge is 0.240 e. The van der Waals surface area contributed by atoms with Gasteiger partial charge in [-0.05, 0) is 40.8 Å². The van der Waals surface area contributed by atoms with Crippen molar-refractivity contribution >= 4 is 36.7 Å². The Balaban J connectivity index is 2.37. The minimum absolute atomic E-state index is 0.402.